The van der Waals surface area contributed by atoms with E-state index in [1.54, 1.807) is 7.11 Å². The summed E-state index contributed by atoms with van der Waals surface area (Å²) >= 11 is 0. The van der Waals surface area contributed by atoms with E-state index in [9.17, 15) is 4.79 Å². The van der Waals surface area contributed by atoms with Gasteiger partial charge in [0.15, 0.2) is 0 Å². The van der Waals surface area contributed by atoms with Crippen molar-refractivity contribution in [1.82, 2.24) is 5.32 Å². The predicted molar refractivity (Wildman–Crippen MR) is 83.1 cm³/mol. The number of carbonyl (C=O) groups excluding carboxylic acids is 1. The van der Waals surface area contributed by atoms with Crippen LogP contribution in [-0.2, 0) is 11.2 Å². The van der Waals surface area contributed by atoms with Crippen molar-refractivity contribution in [3.8, 4) is 5.75 Å². The number of nitrogens with two attached hydrogens (primary N) is 1. The van der Waals surface area contributed by atoms with Crippen LogP contribution in [0.3, 0.4) is 0 Å². The lowest BCUT2D eigenvalue weighted by Crippen LogP contribution is -2.35. The van der Waals surface area contributed by atoms with Gasteiger partial charge < -0.3 is 15.8 Å². The van der Waals surface area contributed by atoms with Crippen molar-refractivity contribution in [2.75, 3.05) is 13.7 Å². The standard InChI is InChI=1S/C17H20N2O2/c1-21-15-9-7-13(8-10-15)11-12-19-17(20)16(18)14-5-3-2-4-6-14/h2-10,16H,11-12,18H2,1H3,(H,19,20)/t16-/m1/s1. The van der Waals surface area contributed by atoms with E-state index in [0.717, 1.165) is 23.3 Å². The molecule has 0 fully saturated rings. The molecule has 0 heterocycles. The zero-order valence-electron chi connectivity index (χ0n) is 12.1. The van der Waals surface area contributed by atoms with Crippen LogP contribution in [0.15, 0.2) is 54.6 Å². The van der Waals surface area contributed by atoms with Gasteiger partial charge in [-0.05, 0) is 29.7 Å². The predicted octanol–water partition coefficient (Wildman–Crippen LogP) is 2.05. The van der Waals surface area contributed by atoms with Gasteiger partial charge >= 0.3 is 0 Å². The molecule has 4 heteroatoms. The van der Waals surface area contributed by atoms with Crippen LogP contribution in [-0.4, -0.2) is 19.6 Å². The van der Waals surface area contributed by atoms with Crippen LogP contribution in [0.25, 0.3) is 0 Å². The number of hydrogen-bond donors (Lipinski definition) is 2. The van der Waals surface area contributed by atoms with Gasteiger partial charge in [0.05, 0.1) is 7.11 Å². The molecule has 2 rings (SSSR count). The summed E-state index contributed by atoms with van der Waals surface area (Å²) < 4.78 is 5.11. The minimum absolute atomic E-state index is 0.158. The van der Waals surface area contributed by atoms with Crippen molar-refractivity contribution in [2.45, 2.75) is 12.5 Å². The number of hydrogen-bond acceptors (Lipinski definition) is 3. The van der Waals surface area contributed by atoms with E-state index in [2.05, 4.69) is 5.32 Å². The van der Waals surface area contributed by atoms with Gasteiger partial charge in [-0.15, -0.1) is 0 Å². The van der Waals surface area contributed by atoms with Gasteiger partial charge in [0, 0.05) is 6.54 Å². The van der Waals surface area contributed by atoms with Gasteiger partial charge in [0.1, 0.15) is 11.8 Å². The SMILES string of the molecule is COc1ccc(CCNC(=O)[C@H](N)c2ccccc2)cc1. The van der Waals surface area contributed by atoms with Gasteiger partial charge in [-0.2, -0.15) is 0 Å². The number of nitrogens with one attached hydrogen (secondary N) is 1. The Morgan fingerprint density at radius 2 is 1.81 bits per heavy atom. The summed E-state index contributed by atoms with van der Waals surface area (Å²) in [5.41, 5.74) is 7.89. The number of methoxy groups -OCH3 is 1. The normalized spacial score (nSPS) is 11.7. The van der Waals surface area contributed by atoms with Crippen molar-refractivity contribution in [2.24, 2.45) is 5.73 Å². The van der Waals surface area contributed by atoms with Crippen molar-refractivity contribution in [3.63, 3.8) is 0 Å². The summed E-state index contributed by atoms with van der Waals surface area (Å²) in [5, 5.41) is 2.86. The average Bonchev–Trinajstić information content (AvgIpc) is 2.55. The topological polar surface area (TPSA) is 64.3 Å². The van der Waals surface area contributed by atoms with Gasteiger partial charge in [0.25, 0.3) is 0 Å². The molecule has 0 aliphatic rings. The molecule has 3 N–H and O–H groups in total. The maximum atomic E-state index is 12.0. The smallest absolute Gasteiger partial charge is 0.241 e. The number of amides is 1. The molecule has 110 valence electrons. The molecule has 21 heavy (non-hydrogen) atoms. The van der Waals surface area contributed by atoms with Crippen molar-refractivity contribution >= 4 is 5.91 Å². The van der Waals surface area contributed by atoms with E-state index < -0.39 is 6.04 Å². The molecule has 0 unspecified atom stereocenters. The van der Waals surface area contributed by atoms with Gasteiger partial charge in [0.2, 0.25) is 5.91 Å². The molecule has 0 aliphatic carbocycles. The second-order valence-corrected chi connectivity index (χ2v) is 4.78. The lowest BCUT2D eigenvalue weighted by molar-refractivity contribution is -0.122. The van der Waals surface area contributed by atoms with Crippen LogP contribution >= 0.6 is 0 Å². The molecule has 0 aromatic heterocycles. The zero-order valence-corrected chi connectivity index (χ0v) is 12.1. The second-order valence-electron chi connectivity index (χ2n) is 4.78. The summed E-state index contributed by atoms with van der Waals surface area (Å²) in [6.07, 6.45) is 0.761. The Bertz CT molecular complexity index is 567. The van der Waals surface area contributed by atoms with E-state index >= 15 is 0 Å². The van der Waals surface area contributed by atoms with Crippen LogP contribution in [0.4, 0.5) is 0 Å². The Morgan fingerprint density at radius 3 is 2.43 bits per heavy atom. The second kappa shape index (κ2) is 7.45. The molecule has 0 bridgehead atoms. The average molecular weight is 284 g/mol. The highest BCUT2D eigenvalue weighted by Crippen LogP contribution is 2.12. The van der Waals surface area contributed by atoms with Gasteiger partial charge in [-0.1, -0.05) is 42.5 Å². The Morgan fingerprint density at radius 1 is 1.14 bits per heavy atom. The molecule has 4 nitrogen and oxygen atoms in total. The first-order chi connectivity index (χ1) is 10.2. The molecular formula is C17H20N2O2. The molecule has 0 radical (unpaired) electrons. The zero-order chi connectivity index (χ0) is 15.1. The fourth-order valence-electron chi connectivity index (χ4n) is 2.04. The van der Waals surface area contributed by atoms with Crippen LogP contribution < -0.4 is 15.8 Å². The molecule has 0 saturated carbocycles. The molecular weight excluding hydrogens is 264 g/mol. The minimum atomic E-state index is -0.623. The van der Waals surface area contributed by atoms with Gasteiger partial charge in [-0.25, -0.2) is 0 Å². The molecule has 1 amide bonds. The van der Waals surface area contributed by atoms with Crippen molar-refractivity contribution in [3.05, 3.63) is 65.7 Å². The molecule has 0 aliphatic heterocycles. The lowest BCUT2D eigenvalue weighted by atomic mass is 10.1. The third-order valence-electron chi connectivity index (χ3n) is 3.31. The Kier molecular flexibility index (Phi) is 5.35. The highest BCUT2D eigenvalue weighted by molar-refractivity contribution is 5.82. The minimum Gasteiger partial charge on any atom is -0.497 e. The van der Waals surface area contributed by atoms with E-state index in [1.807, 2.05) is 54.6 Å². The highest BCUT2D eigenvalue weighted by atomic mass is 16.5. The van der Waals surface area contributed by atoms with E-state index in [0.29, 0.717) is 6.54 Å². The Labute approximate surface area is 124 Å². The summed E-state index contributed by atoms with van der Waals surface area (Å²) in [6, 6.07) is 16.5. The molecule has 2 aromatic rings. The first-order valence-corrected chi connectivity index (χ1v) is 6.92. The van der Waals surface area contributed by atoms with Crippen LogP contribution in [0.5, 0.6) is 5.75 Å². The van der Waals surface area contributed by atoms with E-state index in [4.69, 9.17) is 10.5 Å². The maximum absolute atomic E-state index is 12.0. The molecule has 2 aromatic carbocycles. The van der Waals surface area contributed by atoms with Crippen LogP contribution in [0.2, 0.25) is 0 Å². The summed E-state index contributed by atoms with van der Waals surface area (Å²) in [4.78, 5) is 12.0. The maximum Gasteiger partial charge on any atom is 0.241 e. The quantitative estimate of drug-likeness (QED) is 0.853. The molecule has 1 atom stereocenters. The number of ether oxygens (including phenoxy) is 1. The number of carbonyl (C=O) groups is 1. The van der Waals surface area contributed by atoms with Crippen molar-refractivity contribution < 1.29 is 9.53 Å². The van der Waals surface area contributed by atoms with E-state index in [1.165, 1.54) is 0 Å². The fraction of sp³-hybridized carbons (Fsp3) is 0.235. The third-order valence-corrected chi connectivity index (χ3v) is 3.31. The lowest BCUT2D eigenvalue weighted by Gasteiger charge is -2.12. The fourth-order valence-corrected chi connectivity index (χ4v) is 2.04. The molecule has 0 saturated heterocycles. The first-order valence-electron chi connectivity index (χ1n) is 6.92. The summed E-state index contributed by atoms with van der Waals surface area (Å²) in [5.74, 6) is 0.670. The molecule has 0 spiro atoms. The number of benzene rings is 2. The van der Waals surface area contributed by atoms with Gasteiger partial charge in [-0.3, -0.25) is 4.79 Å². The van der Waals surface area contributed by atoms with Crippen LogP contribution in [0.1, 0.15) is 17.2 Å². The Balaban J connectivity index is 1.81. The largest absolute Gasteiger partial charge is 0.497 e. The third kappa shape index (κ3) is 4.33. The Hall–Kier alpha value is -2.33. The van der Waals surface area contributed by atoms with Crippen LogP contribution in [0, 0.1) is 0 Å². The van der Waals surface area contributed by atoms with E-state index in [-0.39, 0.29) is 5.91 Å². The van der Waals surface area contributed by atoms with Crippen molar-refractivity contribution in [1.29, 1.82) is 0 Å². The summed E-state index contributed by atoms with van der Waals surface area (Å²) in [7, 11) is 1.64. The monoisotopic (exact) mass is 284 g/mol. The summed E-state index contributed by atoms with van der Waals surface area (Å²) in [6.45, 7) is 0.561. The highest BCUT2D eigenvalue weighted by Gasteiger charge is 2.14. The first kappa shape index (κ1) is 15.1. The number of rotatable bonds is 6.